The van der Waals surface area contributed by atoms with Crippen molar-refractivity contribution < 1.29 is 19.4 Å². The first-order chi connectivity index (χ1) is 13.5. The van der Waals surface area contributed by atoms with Crippen LogP contribution in [0.5, 0.6) is 5.88 Å². The van der Waals surface area contributed by atoms with Crippen molar-refractivity contribution in [1.29, 1.82) is 0 Å². The van der Waals surface area contributed by atoms with Gasteiger partial charge in [-0.1, -0.05) is 30.3 Å². The van der Waals surface area contributed by atoms with Crippen LogP contribution in [0.4, 0.5) is 0 Å². The molecule has 2 heterocycles. The maximum atomic E-state index is 11.7. The van der Waals surface area contributed by atoms with Crippen LogP contribution in [0.25, 0.3) is 16.3 Å². The van der Waals surface area contributed by atoms with Gasteiger partial charge in [0, 0.05) is 6.20 Å². The largest absolute Gasteiger partial charge is 0.500 e. The topological polar surface area (TPSA) is 81.5 Å². The van der Waals surface area contributed by atoms with E-state index in [2.05, 4.69) is 9.97 Å². The smallest absolute Gasteiger partial charge is 0.339 e. The summed E-state index contributed by atoms with van der Waals surface area (Å²) in [4.78, 5) is 21.5. The van der Waals surface area contributed by atoms with E-state index in [1.54, 1.807) is 25.3 Å². The Labute approximate surface area is 167 Å². The summed E-state index contributed by atoms with van der Waals surface area (Å²) in [6.07, 6.45) is 1.72. The Bertz CT molecular complexity index is 1010. The third-order valence-electron chi connectivity index (χ3n) is 4.16. The monoisotopic (exact) mass is 396 g/mol. The zero-order chi connectivity index (χ0) is 20.1. The molecule has 0 aliphatic rings. The lowest BCUT2D eigenvalue weighted by Gasteiger charge is -2.13. The average Bonchev–Trinajstić information content (AvgIpc) is 3.08. The van der Waals surface area contributed by atoms with Crippen molar-refractivity contribution >= 4 is 22.9 Å². The Balaban J connectivity index is 1.87. The highest BCUT2D eigenvalue weighted by Gasteiger charge is 2.19. The van der Waals surface area contributed by atoms with Gasteiger partial charge in [0.25, 0.3) is 0 Å². The molecular formula is C21H20N2O4S. The molecule has 1 N–H and O–H groups in total. The molecule has 7 heteroatoms. The molecule has 0 unspecified atom stereocenters. The fraction of sp³-hybridized carbons (Fsp3) is 0.190. The summed E-state index contributed by atoms with van der Waals surface area (Å²) in [7, 11) is 1.45. The molecule has 0 aliphatic carbocycles. The number of hydrogen-bond acceptors (Lipinski definition) is 6. The Morgan fingerprint density at radius 1 is 1.18 bits per heavy atom. The zero-order valence-electron chi connectivity index (χ0n) is 15.8. The molecular weight excluding hydrogens is 376 g/mol. The summed E-state index contributed by atoms with van der Waals surface area (Å²) in [6.45, 7) is 3.75. The van der Waals surface area contributed by atoms with Gasteiger partial charge in [-0.15, -0.1) is 11.3 Å². The highest BCUT2D eigenvalue weighted by Crippen LogP contribution is 2.32. The molecule has 28 heavy (non-hydrogen) atoms. The van der Waals surface area contributed by atoms with Crippen LogP contribution >= 0.6 is 11.3 Å². The molecule has 0 amide bonds. The number of nitrogens with zero attached hydrogens (tertiary/aromatic N) is 2. The van der Waals surface area contributed by atoms with Crippen LogP contribution in [0.3, 0.4) is 0 Å². The van der Waals surface area contributed by atoms with Crippen molar-refractivity contribution in [3.05, 3.63) is 70.4 Å². The van der Waals surface area contributed by atoms with E-state index in [-0.39, 0.29) is 12.2 Å². The number of carbonyl (C=O) groups is 1. The average molecular weight is 396 g/mol. The number of methoxy groups -OCH3 is 1. The van der Waals surface area contributed by atoms with E-state index in [0.717, 1.165) is 21.1 Å². The molecule has 0 spiro atoms. The van der Waals surface area contributed by atoms with Gasteiger partial charge < -0.3 is 14.6 Å². The number of aromatic nitrogens is 2. The van der Waals surface area contributed by atoms with Gasteiger partial charge >= 0.3 is 5.97 Å². The number of aliphatic carboxylic acids is 1. The quantitative estimate of drug-likeness (QED) is 0.466. The number of aryl methyl sites for hydroxylation is 1. The molecule has 2 aromatic heterocycles. The lowest BCUT2D eigenvalue weighted by atomic mass is 9.99. The Morgan fingerprint density at radius 2 is 1.93 bits per heavy atom. The molecule has 0 atom stereocenters. The van der Waals surface area contributed by atoms with E-state index < -0.39 is 5.97 Å². The molecule has 1 aromatic carbocycles. The third kappa shape index (κ3) is 4.20. The molecule has 3 rings (SSSR count). The summed E-state index contributed by atoms with van der Waals surface area (Å²) in [5, 5.41) is 10.4. The Hall–Kier alpha value is -3.19. The first-order valence-electron chi connectivity index (χ1n) is 8.59. The second kappa shape index (κ2) is 8.67. The van der Waals surface area contributed by atoms with Crippen LogP contribution in [0, 0.1) is 6.92 Å². The van der Waals surface area contributed by atoms with Crippen LogP contribution in [-0.4, -0.2) is 28.2 Å². The van der Waals surface area contributed by atoms with E-state index in [0.29, 0.717) is 17.2 Å². The Kier molecular flexibility index (Phi) is 6.06. The van der Waals surface area contributed by atoms with Gasteiger partial charge in [0.05, 0.1) is 17.7 Å². The van der Waals surface area contributed by atoms with Crippen molar-refractivity contribution in [2.75, 3.05) is 7.11 Å². The molecule has 0 saturated carbocycles. The first kappa shape index (κ1) is 19.6. The van der Waals surface area contributed by atoms with E-state index in [1.807, 2.05) is 37.3 Å². The molecule has 144 valence electrons. The van der Waals surface area contributed by atoms with Crippen molar-refractivity contribution in [1.82, 2.24) is 9.97 Å². The van der Waals surface area contributed by atoms with Crippen molar-refractivity contribution in [3.8, 4) is 16.6 Å². The minimum absolute atomic E-state index is 0.117. The summed E-state index contributed by atoms with van der Waals surface area (Å²) in [5.74, 6) is -0.193. The lowest BCUT2D eigenvalue weighted by molar-refractivity contribution is -0.130. The van der Waals surface area contributed by atoms with Gasteiger partial charge in [0.15, 0.2) is 0 Å². The van der Waals surface area contributed by atoms with Crippen LogP contribution in [0.15, 0.2) is 54.4 Å². The van der Waals surface area contributed by atoms with Gasteiger partial charge in [-0.25, -0.2) is 4.79 Å². The second-order valence-corrected chi connectivity index (χ2v) is 7.18. The molecule has 0 aliphatic heterocycles. The SMILES string of the molecule is COC(C)=C(C(=O)O)c1ccccc1COc1nc(-c2ccccn2)sc1C. The standard InChI is InChI=1S/C21H20N2O4S/c1-13(26-3)18(21(24)25)16-9-5-4-8-15(16)12-27-19-14(2)28-20(23-19)17-10-6-7-11-22-17/h4-11H,12H2,1-3H3,(H,24,25). The van der Waals surface area contributed by atoms with Crippen LogP contribution in [0.1, 0.15) is 22.9 Å². The van der Waals surface area contributed by atoms with Gasteiger partial charge in [-0.05, 0) is 37.1 Å². The molecule has 3 aromatic rings. The number of allylic oxidation sites excluding steroid dienone is 1. The van der Waals surface area contributed by atoms with E-state index in [4.69, 9.17) is 9.47 Å². The zero-order valence-corrected chi connectivity index (χ0v) is 16.6. The minimum atomic E-state index is -1.05. The fourth-order valence-electron chi connectivity index (χ4n) is 2.71. The molecule has 0 bridgehead atoms. The van der Waals surface area contributed by atoms with E-state index in [9.17, 15) is 9.90 Å². The fourth-order valence-corrected chi connectivity index (χ4v) is 3.54. The van der Waals surface area contributed by atoms with Crippen LogP contribution in [-0.2, 0) is 16.1 Å². The van der Waals surface area contributed by atoms with Crippen molar-refractivity contribution in [2.45, 2.75) is 20.5 Å². The van der Waals surface area contributed by atoms with Gasteiger partial charge in [0.1, 0.15) is 22.9 Å². The van der Waals surface area contributed by atoms with Crippen molar-refractivity contribution in [3.63, 3.8) is 0 Å². The molecule has 0 radical (unpaired) electrons. The number of rotatable bonds is 7. The number of hydrogen-bond donors (Lipinski definition) is 1. The maximum Gasteiger partial charge on any atom is 0.339 e. The van der Waals surface area contributed by atoms with Crippen LogP contribution < -0.4 is 4.74 Å². The number of thiazole rings is 1. The number of pyridine rings is 1. The minimum Gasteiger partial charge on any atom is -0.500 e. The van der Waals surface area contributed by atoms with Gasteiger partial charge in [-0.3, -0.25) is 4.98 Å². The number of ether oxygens (including phenoxy) is 2. The lowest BCUT2D eigenvalue weighted by Crippen LogP contribution is -2.08. The van der Waals surface area contributed by atoms with E-state index >= 15 is 0 Å². The highest BCUT2D eigenvalue weighted by atomic mass is 32.1. The number of carboxylic acids is 1. The Morgan fingerprint density at radius 3 is 2.61 bits per heavy atom. The maximum absolute atomic E-state index is 11.7. The summed E-state index contributed by atoms with van der Waals surface area (Å²) >= 11 is 1.50. The number of benzene rings is 1. The highest BCUT2D eigenvalue weighted by molar-refractivity contribution is 7.15. The first-order valence-corrected chi connectivity index (χ1v) is 9.41. The summed E-state index contributed by atoms with van der Waals surface area (Å²) < 4.78 is 11.1. The molecule has 0 fully saturated rings. The molecule has 0 saturated heterocycles. The summed E-state index contributed by atoms with van der Waals surface area (Å²) in [6, 6.07) is 12.9. The van der Waals surface area contributed by atoms with Gasteiger partial charge in [-0.2, -0.15) is 4.98 Å². The van der Waals surface area contributed by atoms with E-state index in [1.165, 1.54) is 18.4 Å². The third-order valence-corrected chi connectivity index (χ3v) is 5.14. The summed E-state index contributed by atoms with van der Waals surface area (Å²) in [5.41, 5.74) is 2.21. The number of carboxylic acid groups (broad SMARTS) is 1. The van der Waals surface area contributed by atoms with Gasteiger partial charge in [0.2, 0.25) is 5.88 Å². The second-order valence-electron chi connectivity index (χ2n) is 5.98. The predicted molar refractivity (Wildman–Crippen MR) is 108 cm³/mol. The normalized spacial score (nSPS) is 11.7. The molecule has 6 nitrogen and oxygen atoms in total. The van der Waals surface area contributed by atoms with Crippen molar-refractivity contribution in [2.24, 2.45) is 0 Å². The predicted octanol–water partition coefficient (Wildman–Crippen LogP) is 4.55. The van der Waals surface area contributed by atoms with Crippen LogP contribution in [0.2, 0.25) is 0 Å².